The highest BCUT2D eigenvalue weighted by Gasteiger charge is 2.02. The lowest BCUT2D eigenvalue weighted by atomic mass is 10.3. The fourth-order valence-corrected chi connectivity index (χ4v) is 0.924. The van der Waals surface area contributed by atoms with Gasteiger partial charge in [-0.25, -0.2) is 5.84 Å². The molecule has 0 bridgehead atoms. The van der Waals surface area contributed by atoms with Crippen molar-refractivity contribution in [1.29, 1.82) is 0 Å². The van der Waals surface area contributed by atoms with E-state index in [0.29, 0.717) is 5.75 Å². The molecule has 0 saturated heterocycles. The molecular formula is C8H13N2O2+. The number of ether oxygens (including phenoxy) is 2. The lowest BCUT2D eigenvalue weighted by Crippen LogP contribution is -2.43. The van der Waals surface area contributed by atoms with E-state index in [-0.39, 0.29) is 6.79 Å². The van der Waals surface area contributed by atoms with Crippen LogP contribution in [0.4, 0.5) is 0 Å². The van der Waals surface area contributed by atoms with Crippen LogP contribution in [0.15, 0.2) is 18.5 Å². The quantitative estimate of drug-likeness (QED) is 0.393. The van der Waals surface area contributed by atoms with Gasteiger partial charge in [0.05, 0.1) is 0 Å². The third-order valence-electron chi connectivity index (χ3n) is 1.34. The van der Waals surface area contributed by atoms with Gasteiger partial charge in [0.2, 0.25) is 12.4 Å². The van der Waals surface area contributed by atoms with Crippen LogP contribution in [0.5, 0.6) is 5.75 Å². The van der Waals surface area contributed by atoms with Gasteiger partial charge in [0.1, 0.15) is 0 Å². The summed E-state index contributed by atoms with van der Waals surface area (Å²) in [4.78, 5) is 0. The van der Waals surface area contributed by atoms with Crippen molar-refractivity contribution in [1.82, 2.24) is 0 Å². The van der Waals surface area contributed by atoms with Crippen LogP contribution in [-0.2, 0) is 4.74 Å². The van der Waals surface area contributed by atoms with Crippen molar-refractivity contribution in [2.24, 2.45) is 0 Å². The van der Waals surface area contributed by atoms with Gasteiger partial charge in [-0.3, -0.25) is 0 Å². The molecule has 0 fully saturated rings. The van der Waals surface area contributed by atoms with Gasteiger partial charge in [0, 0.05) is 12.7 Å². The minimum absolute atomic E-state index is 0.240. The number of methoxy groups -OCH3 is 1. The van der Waals surface area contributed by atoms with E-state index < -0.39 is 0 Å². The van der Waals surface area contributed by atoms with Crippen LogP contribution < -0.4 is 15.3 Å². The Morgan fingerprint density at radius 1 is 1.50 bits per heavy atom. The standard InChI is InChI=1S/C8H13N2O2/c1-7-3-8(12-6-11-2)5-10(9)4-7/h3-5H,6,9H2,1-2H3/q+1. The van der Waals surface area contributed by atoms with E-state index in [1.807, 2.05) is 13.0 Å². The van der Waals surface area contributed by atoms with Crippen LogP contribution in [0.25, 0.3) is 0 Å². The van der Waals surface area contributed by atoms with E-state index in [0.717, 1.165) is 5.56 Å². The van der Waals surface area contributed by atoms with E-state index in [1.54, 1.807) is 19.5 Å². The van der Waals surface area contributed by atoms with Crippen LogP contribution in [0.1, 0.15) is 5.56 Å². The molecule has 0 aliphatic rings. The SMILES string of the molecule is COCOc1cc(C)c[n+](N)c1. The summed E-state index contributed by atoms with van der Waals surface area (Å²) in [5.74, 6) is 6.23. The Balaban J connectivity index is 2.72. The third-order valence-corrected chi connectivity index (χ3v) is 1.34. The van der Waals surface area contributed by atoms with Gasteiger partial charge in [-0.05, 0) is 13.0 Å². The average Bonchev–Trinajstić information content (AvgIpc) is 1.99. The molecule has 4 heteroatoms. The predicted octanol–water partition coefficient (Wildman–Crippen LogP) is -0.0210. The Morgan fingerprint density at radius 2 is 2.25 bits per heavy atom. The molecule has 4 nitrogen and oxygen atoms in total. The molecule has 1 rings (SSSR count). The second-order valence-corrected chi connectivity index (χ2v) is 2.55. The Bertz CT molecular complexity index is 243. The van der Waals surface area contributed by atoms with Crippen molar-refractivity contribution < 1.29 is 14.1 Å². The van der Waals surface area contributed by atoms with Crippen LogP contribution in [0.3, 0.4) is 0 Å². The first-order chi connectivity index (χ1) is 5.72. The number of nitrogen functional groups attached to an aromatic ring is 1. The molecule has 0 aromatic carbocycles. The number of rotatable bonds is 3. The summed E-state index contributed by atoms with van der Waals surface area (Å²) in [5.41, 5.74) is 1.05. The molecule has 66 valence electrons. The topological polar surface area (TPSA) is 48.4 Å². The predicted molar refractivity (Wildman–Crippen MR) is 44.0 cm³/mol. The van der Waals surface area contributed by atoms with Crippen molar-refractivity contribution in [3.8, 4) is 5.75 Å². The Morgan fingerprint density at radius 3 is 2.83 bits per heavy atom. The molecule has 0 radical (unpaired) electrons. The first-order valence-electron chi connectivity index (χ1n) is 3.62. The molecule has 0 saturated carbocycles. The van der Waals surface area contributed by atoms with Gasteiger partial charge >= 0.3 is 0 Å². The fourth-order valence-electron chi connectivity index (χ4n) is 0.924. The minimum atomic E-state index is 0.240. The van der Waals surface area contributed by atoms with E-state index in [4.69, 9.17) is 15.3 Å². The highest BCUT2D eigenvalue weighted by molar-refractivity contribution is 5.19. The second kappa shape index (κ2) is 3.92. The van der Waals surface area contributed by atoms with Crippen LogP contribution in [0, 0.1) is 6.92 Å². The van der Waals surface area contributed by atoms with Crippen LogP contribution in [0.2, 0.25) is 0 Å². The van der Waals surface area contributed by atoms with Crippen LogP contribution >= 0.6 is 0 Å². The Labute approximate surface area is 71.5 Å². The van der Waals surface area contributed by atoms with E-state index in [2.05, 4.69) is 0 Å². The molecule has 1 aromatic rings. The maximum Gasteiger partial charge on any atom is 0.241 e. The van der Waals surface area contributed by atoms with E-state index in [9.17, 15) is 0 Å². The van der Waals surface area contributed by atoms with Gasteiger partial charge in [-0.2, -0.15) is 0 Å². The molecule has 0 aliphatic heterocycles. The zero-order valence-corrected chi connectivity index (χ0v) is 7.28. The zero-order valence-electron chi connectivity index (χ0n) is 7.28. The zero-order chi connectivity index (χ0) is 8.97. The molecule has 0 unspecified atom stereocenters. The van der Waals surface area contributed by atoms with Gasteiger partial charge < -0.3 is 9.47 Å². The highest BCUT2D eigenvalue weighted by Crippen LogP contribution is 2.07. The van der Waals surface area contributed by atoms with Gasteiger partial charge in [-0.15, -0.1) is 0 Å². The number of pyridine rings is 1. The first kappa shape index (κ1) is 8.80. The average molecular weight is 169 g/mol. The van der Waals surface area contributed by atoms with Crippen molar-refractivity contribution in [2.75, 3.05) is 19.7 Å². The van der Waals surface area contributed by atoms with Gasteiger partial charge in [0.25, 0.3) is 0 Å². The first-order valence-corrected chi connectivity index (χ1v) is 3.62. The van der Waals surface area contributed by atoms with E-state index in [1.165, 1.54) is 4.68 Å². The summed E-state index contributed by atoms with van der Waals surface area (Å²) >= 11 is 0. The molecular weight excluding hydrogens is 156 g/mol. The number of nitrogens with zero attached hydrogens (tertiary/aromatic N) is 1. The molecule has 1 heterocycles. The molecule has 12 heavy (non-hydrogen) atoms. The maximum atomic E-state index is 5.53. The molecule has 1 aromatic heterocycles. The minimum Gasteiger partial charge on any atom is -0.461 e. The van der Waals surface area contributed by atoms with Crippen molar-refractivity contribution >= 4 is 0 Å². The number of aromatic nitrogens is 1. The summed E-state index contributed by atoms with van der Waals surface area (Å²) in [5, 5.41) is 0. The number of hydrogen-bond donors (Lipinski definition) is 1. The monoisotopic (exact) mass is 169 g/mol. The van der Waals surface area contributed by atoms with Crippen molar-refractivity contribution in [3.63, 3.8) is 0 Å². The summed E-state index contributed by atoms with van der Waals surface area (Å²) in [6.07, 6.45) is 3.49. The number of nitrogens with two attached hydrogens (primary N) is 1. The summed E-state index contributed by atoms with van der Waals surface area (Å²) in [7, 11) is 1.58. The lowest BCUT2D eigenvalue weighted by molar-refractivity contribution is -0.639. The summed E-state index contributed by atoms with van der Waals surface area (Å²) in [6, 6.07) is 1.89. The Hall–Kier alpha value is -1.29. The number of aryl methyl sites for hydroxylation is 1. The molecule has 0 atom stereocenters. The fraction of sp³-hybridized carbons (Fsp3) is 0.375. The molecule has 0 spiro atoms. The normalized spacial score (nSPS) is 9.83. The van der Waals surface area contributed by atoms with E-state index >= 15 is 0 Å². The molecule has 0 amide bonds. The second-order valence-electron chi connectivity index (χ2n) is 2.55. The molecule has 0 aliphatic carbocycles. The third kappa shape index (κ3) is 2.39. The highest BCUT2D eigenvalue weighted by atomic mass is 16.7. The van der Waals surface area contributed by atoms with Gasteiger partial charge in [0.15, 0.2) is 12.5 Å². The lowest BCUT2D eigenvalue weighted by Gasteiger charge is -2.02. The van der Waals surface area contributed by atoms with Crippen molar-refractivity contribution in [2.45, 2.75) is 6.92 Å². The molecule has 2 N–H and O–H groups in total. The smallest absolute Gasteiger partial charge is 0.241 e. The van der Waals surface area contributed by atoms with Crippen LogP contribution in [-0.4, -0.2) is 13.9 Å². The van der Waals surface area contributed by atoms with Gasteiger partial charge in [-0.1, -0.05) is 4.68 Å². The Kier molecular flexibility index (Phi) is 2.88. The maximum absolute atomic E-state index is 5.53. The van der Waals surface area contributed by atoms with Crippen molar-refractivity contribution in [3.05, 3.63) is 24.0 Å². The largest absolute Gasteiger partial charge is 0.461 e. The summed E-state index contributed by atoms with van der Waals surface area (Å²) < 4.78 is 11.4. The number of hydrogen-bond acceptors (Lipinski definition) is 3. The summed E-state index contributed by atoms with van der Waals surface area (Å²) in [6.45, 7) is 2.19.